The smallest absolute Gasteiger partial charge is 0.305 e. The molecule has 1 aromatic heterocycles. The maximum atomic E-state index is 12.1. The monoisotopic (exact) mass is 336 g/mol. The Hall–Kier alpha value is -1.19. The van der Waals surface area contributed by atoms with Gasteiger partial charge in [0.2, 0.25) is 0 Å². The van der Waals surface area contributed by atoms with E-state index in [1.165, 1.54) is 6.92 Å². The van der Waals surface area contributed by atoms with Gasteiger partial charge in [-0.1, -0.05) is 25.2 Å². The van der Waals surface area contributed by atoms with Gasteiger partial charge in [0, 0.05) is 18.7 Å². The highest BCUT2D eigenvalue weighted by Crippen LogP contribution is 2.26. The molecule has 0 saturated heterocycles. The van der Waals surface area contributed by atoms with Crippen LogP contribution in [0.4, 0.5) is 0 Å². The van der Waals surface area contributed by atoms with Gasteiger partial charge in [-0.25, -0.2) is 13.1 Å². The number of thiazole rings is 1. The van der Waals surface area contributed by atoms with Gasteiger partial charge in [0.1, 0.15) is 0 Å². The third-order valence-corrected chi connectivity index (χ3v) is 6.20. The zero-order valence-corrected chi connectivity index (χ0v) is 13.9. The summed E-state index contributed by atoms with van der Waals surface area (Å²) in [6, 6.07) is 0. The van der Waals surface area contributed by atoms with E-state index >= 15 is 0 Å². The average molecular weight is 336 g/mol. The number of hydrogen-bond donors (Lipinski definition) is 3. The molecule has 0 aliphatic heterocycles. The van der Waals surface area contributed by atoms with Crippen molar-refractivity contribution in [2.24, 2.45) is 5.41 Å². The lowest BCUT2D eigenvalue weighted by molar-refractivity contribution is -0.137. The van der Waals surface area contributed by atoms with Crippen LogP contribution in [0.5, 0.6) is 0 Å². The number of aliphatic carboxylic acids is 1. The lowest BCUT2D eigenvalue weighted by Crippen LogP contribution is -2.28. The number of H-pyrrole nitrogens is 1. The molecular formula is C12H20N2O5S2. The first-order valence-electron chi connectivity index (χ1n) is 6.45. The maximum Gasteiger partial charge on any atom is 0.305 e. The zero-order valence-electron chi connectivity index (χ0n) is 12.2. The van der Waals surface area contributed by atoms with Crippen LogP contribution in [-0.2, 0) is 14.8 Å². The summed E-state index contributed by atoms with van der Waals surface area (Å²) in [6.45, 7) is 5.51. The number of hydrogen-bond acceptors (Lipinski definition) is 5. The third kappa shape index (κ3) is 5.60. The summed E-state index contributed by atoms with van der Waals surface area (Å²) in [5.41, 5.74) is 0.0453. The van der Waals surface area contributed by atoms with Crippen molar-refractivity contribution in [1.29, 1.82) is 0 Å². The van der Waals surface area contributed by atoms with Crippen LogP contribution in [0.15, 0.2) is 9.00 Å². The van der Waals surface area contributed by atoms with Crippen LogP contribution < -0.4 is 9.60 Å². The minimum absolute atomic E-state index is 0.00385. The first kappa shape index (κ1) is 17.9. The van der Waals surface area contributed by atoms with Crippen molar-refractivity contribution in [3.63, 3.8) is 0 Å². The molecule has 21 heavy (non-hydrogen) atoms. The lowest BCUT2D eigenvalue weighted by Gasteiger charge is -2.23. The Labute approximate surface area is 127 Å². The summed E-state index contributed by atoms with van der Waals surface area (Å²) in [4.78, 5) is 23.7. The number of carboxylic acids is 1. The first-order valence-corrected chi connectivity index (χ1v) is 8.75. The lowest BCUT2D eigenvalue weighted by atomic mass is 9.84. The quantitative estimate of drug-likeness (QED) is 0.662. The van der Waals surface area contributed by atoms with Crippen molar-refractivity contribution in [3.8, 4) is 0 Å². The van der Waals surface area contributed by atoms with Crippen LogP contribution in [-0.4, -0.2) is 31.0 Å². The number of aromatic nitrogens is 1. The second kappa shape index (κ2) is 6.71. The summed E-state index contributed by atoms with van der Waals surface area (Å²) in [6.07, 6.45) is 1.04. The van der Waals surface area contributed by atoms with E-state index in [1.54, 1.807) is 0 Å². The summed E-state index contributed by atoms with van der Waals surface area (Å²) < 4.78 is 26.6. The van der Waals surface area contributed by atoms with E-state index in [-0.39, 0.29) is 22.6 Å². The van der Waals surface area contributed by atoms with Gasteiger partial charge < -0.3 is 10.1 Å². The molecule has 0 radical (unpaired) electrons. The molecule has 1 rings (SSSR count). The van der Waals surface area contributed by atoms with Crippen LogP contribution in [0.3, 0.4) is 0 Å². The normalized spacial score (nSPS) is 12.5. The molecule has 120 valence electrons. The third-order valence-electron chi connectivity index (χ3n) is 3.13. The minimum Gasteiger partial charge on any atom is -0.481 e. The Morgan fingerprint density at radius 3 is 2.48 bits per heavy atom. The summed E-state index contributed by atoms with van der Waals surface area (Å²) in [5.74, 6) is -0.864. The second-order valence-electron chi connectivity index (χ2n) is 5.63. The predicted octanol–water partition coefficient (Wildman–Crippen LogP) is 1.30. The Morgan fingerprint density at radius 2 is 2.00 bits per heavy atom. The molecule has 3 N–H and O–H groups in total. The predicted molar refractivity (Wildman–Crippen MR) is 80.1 cm³/mol. The number of carbonyl (C=O) groups is 1. The Bertz CT molecular complexity index is 657. The second-order valence-corrected chi connectivity index (χ2v) is 8.58. The first-order chi connectivity index (χ1) is 9.53. The van der Waals surface area contributed by atoms with Crippen molar-refractivity contribution < 1.29 is 18.3 Å². The highest BCUT2D eigenvalue weighted by atomic mass is 32.2. The molecule has 0 saturated carbocycles. The van der Waals surface area contributed by atoms with Gasteiger partial charge >= 0.3 is 10.8 Å². The van der Waals surface area contributed by atoms with Gasteiger partial charge in [0.05, 0.1) is 0 Å². The van der Waals surface area contributed by atoms with Crippen LogP contribution in [0.1, 0.15) is 38.8 Å². The number of rotatable bonds is 8. The number of aryl methyl sites for hydroxylation is 1. The largest absolute Gasteiger partial charge is 0.481 e. The molecule has 0 aliphatic carbocycles. The van der Waals surface area contributed by atoms with Crippen molar-refractivity contribution in [3.05, 3.63) is 15.4 Å². The average Bonchev–Trinajstić information content (AvgIpc) is 2.66. The molecule has 1 aromatic rings. The fourth-order valence-corrected chi connectivity index (χ4v) is 4.18. The molecule has 0 unspecified atom stereocenters. The van der Waals surface area contributed by atoms with Crippen molar-refractivity contribution >= 4 is 27.3 Å². The fraction of sp³-hybridized carbons (Fsp3) is 0.667. The molecular weight excluding hydrogens is 316 g/mol. The topological polar surface area (TPSA) is 116 Å². The molecule has 0 bridgehead atoms. The van der Waals surface area contributed by atoms with Crippen LogP contribution in [0, 0.1) is 12.3 Å². The maximum absolute atomic E-state index is 12.1. The van der Waals surface area contributed by atoms with E-state index in [0.717, 1.165) is 0 Å². The minimum atomic E-state index is -3.70. The van der Waals surface area contributed by atoms with Crippen LogP contribution in [0.2, 0.25) is 0 Å². The molecule has 0 fully saturated rings. The summed E-state index contributed by atoms with van der Waals surface area (Å²) >= 11 is 0.654. The Kier molecular flexibility index (Phi) is 5.71. The molecule has 0 spiro atoms. The number of nitrogens with one attached hydrogen (secondary N) is 2. The summed E-state index contributed by atoms with van der Waals surface area (Å²) in [7, 11) is -3.70. The van der Waals surface area contributed by atoms with E-state index in [1.807, 2.05) is 13.8 Å². The number of sulfonamides is 1. The van der Waals surface area contributed by atoms with E-state index < -0.39 is 20.9 Å². The highest BCUT2D eigenvalue weighted by molar-refractivity contribution is 7.91. The van der Waals surface area contributed by atoms with Gasteiger partial charge in [-0.05, 0) is 25.2 Å². The van der Waals surface area contributed by atoms with Gasteiger partial charge in [-0.2, -0.15) is 0 Å². The summed E-state index contributed by atoms with van der Waals surface area (Å²) in [5, 5.41) is 8.67. The number of aromatic amines is 1. The van der Waals surface area contributed by atoms with Crippen LogP contribution in [0.25, 0.3) is 0 Å². The molecule has 0 aliphatic rings. The molecule has 7 nitrogen and oxygen atoms in total. The van der Waals surface area contributed by atoms with E-state index in [2.05, 4.69) is 9.71 Å². The molecule has 9 heteroatoms. The number of carboxylic acid groups (broad SMARTS) is 1. The van der Waals surface area contributed by atoms with Crippen molar-refractivity contribution in [1.82, 2.24) is 9.71 Å². The SMILES string of the molecule is Cc1[nH]c(=O)sc1S(=O)(=O)NCCC(C)(C)CCC(=O)O. The molecule has 0 atom stereocenters. The van der Waals surface area contributed by atoms with Gasteiger partial charge in [-0.15, -0.1) is 0 Å². The van der Waals surface area contributed by atoms with Gasteiger partial charge in [-0.3, -0.25) is 9.59 Å². The fourth-order valence-electron chi connectivity index (χ4n) is 1.81. The molecule has 1 heterocycles. The molecule has 0 aromatic carbocycles. The van der Waals surface area contributed by atoms with E-state index in [9.17, 15) is 18.0 Å². The Morgan fingerprint density at radius 1 is 1.38 bits per heavy atom. The molecule has 0 amide bonds. The van der Waals surface area contributed by atoms with E-state index in [4.69, 9.17) is 5.11 Å². The van der Waals surface area contributed by atoms with Gasteiger partial charge in [0.25, 0.3) is 10.0 Å². The van der Waals surface area contributed by atoms with E-state index in [0.29, 0.717) is 29.9 Å². The van der Waals surface area contributed by atoms with Crippen molar-refractivity contribution in [2.75, 3.05) is 6.54 Å². The standard InChI is InChI=1S/C12H20N2O5S2/c1-8-10(20-11(17)14-8)21(18,19)13-7-6-12(2,3)5-4-9(15)16/h13H,4-7H2,1-3H3,(H,14,17)(H,15,16). The highest BCUT2D eigenvalue weighted by Gasteiger charge is 2.23. The zero-order chi connectivity index (χ0) is 16.3. The van der Waals surface area contributed by atoms with Crippen molar-refractivity contribution in [2.45, 2.75) is 44.2 Å². The van der Waals surface area contributed by atoms with Crippen LogP contribution >= 0.6 is 11.3 Å². The Balaban J connectivity index is 2.60. The van der Waals surface area contributed by atoms with Gasteiger partial charge in [0.15, 0.2) is 4.21 Å².